The number of amides is 3. The van der Waals surface area contributed by atoms with Gasteiger partial charge in [0.1, 0.15) is 12.2 Å². The summed E-state index contributed by atoms with van der Waals surface area (Å²) >= 11 is 20.0. The summed E-state index contributed by atoms with van der Waals surface area (Å²) in [5, 5.41) is 4.12. The van der Waals surface area contributed by atoms with E-state index in [1.807, 2.05) is 72.8 Å². The van der Waals surface area contributed by atoms with Crippen LogP contribution in [0.3, 0.4) is 0 Å². The number of benzene rings is 4. The fraction of sp³-hybridized carbons (Fsp3) is 0.100. The lowest BCUT2D eigenvalue weighted by Gasteiger charge is -2.28. The van der Waals surface area contributed by atoms with Crippen LogP contribution in [0.5, 0.6) is 5.75 Å². The first-order valence-corrected chi connectivity index (χ1v) is 17.8. The second-order valence-corrected chi connectivity index (χ2v) is 13.2. The molecule has 0 spiro atoms. The average Bonchev–Trinajstić information content (AvgIpc) is 3.13. The van der Waals surface area contributed by atoms with E-state index in [4.69, 9.17) is 39.5 Å². The fourth-order valence-corrected chi connectivity index (χ4v) is 6.64. The number of hydrogen-bond acceptors (Lipinski definition) is 5. The highest BCUT2D eigenvalue weighted by Gasteiger charge is 2.35. The van der Waals surface area contributed by atoms with E-state index >= 15 is 0 Å². The van der Waals surface area contributed by atoms with Crippen molar-refractivity contribution >= 4 is 75.5 Å². The summed E-state index contributed by atoms with van der Waals surface area (Å²) in [5.74, 6) is -1.59. The molecule has 3 amide bonds. The Kier molecular flexibility index (Phi) is 13.1. The topological polar surface area (TPSA) is 88.1 Å². The minimum absolute atomic E-state index is 0.0529. The van der Waals surface area contributed by atoms with Crippen LogP contribution in [0.2, 0.25) is 15.1 Å². The number of carbonyl (C=O) groups is 3. The monoisotopic (exact) mass is 755 g/mol. The predicted octanol–water partition coefficient (Wildman–Crippen LogP) is 9.62. The molecule has 51 heavy (non-hydrogen) atoms. The maximum absolute atomic E-state index is 14.1. The van der Waals surface area contributed by atoms with Crippen molar-refractivity contribution in [2.75, 3.05) is 5.75 Å². The number of halogens is 3. The summed E-state index contributed by atoms with van der Waals surface area (Å²) in [7, 11) is 0. The zero-order chi connectivity index (χ0) is 36.3. The highest BCUT2D eigenvalue weighted by molar-refractivity contribution is 8.14. The highest BCUT2D eigenvalue weighted by Crippen LogP contribution is 2.36. The first-order chi connectivity index (χ1) is 24.7. The van der Waals surface area contributed by atoms with Crippen molar-refractivity contribution in [2.24, 2.45) is 4.99 Å². The molecule has 11 heteroatoms. The second kappa shape index (κ2) is 17.9. The molecule has 0 aliphatic carbocycles. The van der Waals surface area contributed by atoms with Crippen LogP contribution >= 0.6 is 46.6 Å². The van der Waals surface area contributed by atoms with Gasteiger partial charge in [0, 0.05) is 10.7 Å². The lowest BCUT2D eigenvalue weighted by molar-refractivity contribution is -0.126. The van der Waals surface area contributed by atoms with E-state index in [-0.39, 0.29) is 44.8 Å². The molecule has 1 aliphatic rings. The van der Waals surface area contributed by atoms with Crippen molar-refractivity contribution in [1.82, 2.24) is 10.2 Å². The van der Waals surface area contributed by atoms with Crippen LogP contribution in [0.25, 0.3) is 6.08 Å². The lowest BCUT2D eigenvalue weighted by Crippen LogP contribution is -2.42. The molecule has 5 rings (SSSR count). The van der Waals surface area contributed by atoms with Crippen LogP contribution in [0.1, 0.15) is 35.2 Å². The zero-order valence-electron chi connectivity index (χ0n) is 27.4. The molecule has 0 saturated carbocycles. The van der Waals surface area contributed by atoms with E-state index in [1.165, 1.54) is 11.0 Å². The third kappa shape index (κ3) is 9.68. The van der Waals surface area contributed by atoms with E-state index in [1.54, 1.807) is 55.5 Å². The van der Waals surface area contributed by atoms with E-state index < -0.39 is 17.9 Å². The van der Waals surface area contributed by atoms with Crippen LogP contribution in [-0.4, -0.2) is 33.5 Å². The number of hydrogen-bond donors (Lipinski definition) is 1. The standard InChI is InChI=1S/C40H32Cl3N3O4S/c1-3-5-16-31(4-2)46-39(49)32(21-27-22-33(42)37(34(43)23-27)50-24-26-17-19-30(41)20-18-26)38(48)45-40(46)51-25-35(47)44-36(28-12-8-6-9-13-28)29-14-10-7-11-15-29/h3-23,36H,1,24-25H2,2H3,(H,44,47)/b16-5-,31-4+,32-21+. The van der Waals surface area contributed by atoms with E-state index in [0.717, 1.165) is 28.5 Å². The molecule has 0 unspecified atom stereocenters. The smallest absolute Gasteiger partial charge is 0.285 e. The lowest BCUT2D eigenvalue weighted by atomic mass is 9.99. The van der Waals surface area contributed by atoms with Gasteiger partial charge < -0.3 is 10.1 Å². The Balaban J connectivity index is 1.39. The third-order valence-electron chi connectivity index (χ3n) is 7.54. The molecule has 0 aromatic heterocycles. The van der Waals surface area contributed by atoms with Crippen molar-refractivity contribution in [2.45, 2.75) is 19.6 Å². The van der Waals surface area contributed by atoms with Crippen LogP contribution < -0.4 is 10.1 Å². The summed E-state index contributed by atoms with van der Waals surface area (Å²) in [6, 6.07) is 29.0. The van der Waals surface area contributed by atoms with Crippen molar-refractivity contribution in [3.8, 4) is 5.75 Å². The van der Waals surface area contributed by atoms with Gasteiger partial charge in [-0.1, -0.05) is 144 Å². The molecule has 1 heterocycles. The van der Waals surface area contributed by atoms with Crippen molar-refractivity contribution in [3.05, 3.63) is 177 Å². The number of allylic oxidation sites excluding steroid dienone is 4. The Hall–Kier alpha value is -4.86. The molecular weight excluding hydrogens is 725 g/mol. The zero-order valence-corrected chi connectivity index (χ0v) is 30.5. The number of nitrogens with one attached hydrogen (secondary N) is 1. The van der Waals surface area contributed by atoms with Crippen LogP contribution in [0.15, 0.2) is 144 Å². The number of ether oxygens (including phenoxy) is 1. The van der Waals surface area contributed by atoms with Gasteiger partial charge in [-0.25, -0.2) is 0 Å². The Bertz CT molecular complexity index is 1980. The molecule has 0 atom stereocenters. The third-order valence-corrected chi connectivity index (χ3v) is 9.29. The number of rotatable bonds is 12. The number of carbonyl (C=O) groups excluding carboxylic acids is 3. The van der Waals surface area contributed by atoms with Gasteiger partial charge in [-0.15, -0.1) is 0 Å². The number of nitrogens with zero attached hydrogens (tertiary/aromatic N) is 2. The van der Waals surface area contributed by atoms with E-state index in [0.29, 0.717) is 16.3 Å². The van der Waals surface area contributed by atoms with Crippen LogP contribution in [0.4, 0.5) is 0 Å². The molecule has 258 valence electrons. The quantitative estimate of drug-likeness (QED) is 0.0884. The maximum Gasteiger partial charge on any atom is 0.285 e. The molecule has 0 bridgehead atoms. The van der Waals surface area contributed by atoms with Crippen LogP contribution in [-0.2, 0) is 21.0 Å². The molecule has 1 N–H and O–H groups in total. The molecule has 4 aromatic rings. The Morgan fingerprint density at radius 1 is 0.941 bits per heavy atom. The highest BCUT2D eigenvalue weighted by atomic mass is 35.5. The van der Waals surface area contributed by atoms with Gasteiger partial charge >= 0.3 is 0 Å². The Labute approximate surface area is 316 Å². The van der Waals surface area contributed by atoms with E-state index in [9.17, 15) is 14.4 Å². The second-order valence-electron chi connectivity index (χ2n) is 11.0. The molecule has 4 aromatic carbocycles. The van der Waals surface area contributed by atoms with Gasteiger partial charge in [-0.05, 0) is 65.6 Å². The van der Waals surface area contributed by atoms with Gasteiger partial charge in [-0.3, -0.25) is 19.3 Å². The summed E-state index contributed by atoms with van der Waals surface area (Å²) < 4.78 is 5.87. The summed E-state index contributed by atoms with van der Waals surface area (Å²) in [6.45, 7) is 5.66. The first-order valence-electron chi connectivity index (χ1n) is 15.7. The van der Waals surface area contributed by atoms with Gasteiger partial charge in [0.15, 0.2) is 10.9 Å². The minimum atomic E-state index is -0.774. The largest absolute Gasteiger partial charge is 0.486 e. The molecule has 0 fully saturated rings. The summed E-state index contributed by atoms with van der Waals surface area (Å²) in [6.07, 6.45) is 7.96. The fourth-order valence-electron chi connectivity index (χ4n) is 5.10. The van der Waals surface area contributed by atoms with Crippen molar-refractivity contribution in [1.29, 1.82) is 0 Å². The normalized spacial score (nSPS) is 14.3. The predicted molar refractivity (Wildman–Crippen MR) is 208 cm³/mol. The molecule has 1 aliphatic heterocycles. The average molecular weight is 757 g/mol. The van der Waals surface area contributed by atoms with E-state index in [2.05, 4.69) is 16.9 Å². The number of amidine groups is 1. The van der Waals surface area contributed by atoms with Gasteiger partial charge in [0.2, 0.25) is 5.91 Å². The summed E-state index contributed by atoms with van der Waals surface area (Å²) in [4.78, 5) is 46.5. The number of thioether (sulfide) groups is 1. The van der Waals surface area contributed by atoms with Gasteiger partial charge in [0.25, 0.3) is 11.8 Å². The Morgan fingerprint density at radius 3 is 2.12 bits per heavy atom. The van der Waals surface area contributed by atoms with Crippen molar-refractivity contribution in [3.63, 3.8) is 0 Å². The van der Waals surface area contributed by atoms with Crippen molar-refractivity contribution < 1.29 is 19.1 Å². The molecule has 0 radical (unpaired) electrons. The number of aliphatic imine (C=N–C) groups is 1. The van der Waals surface area contributed by atoms with Gasteiger partial charge in [0.05, 0.1) is 21.8 Å². The summed E-state index contributed by atoms with van der Waals surface area (Å²) in [5.41, 5.74) is 3.28. The SMILES string of the molecule is C=C/C=C\C(=C/C)N1C(=O)/C(=C/c2cc(Cl)c(OCc3ccc(Cl)cc3)c(Cl)c2)C(=O)N=C1SCC(=O)NC(c1ccccc1)c1ccccc1. The molecular formula is C40H32Cl3N3O4S. The maximum atomic E-state index is 14.1. The van der Waals surface area contributed by atoms with Crippen LogP contribution in [0, 0.1) is 0 Å². The molecule has 0 saturated heterocycles. The Morgan fingerprint density at radius 2 is 1.55 bits per heavy atom. The minimum Gasteiger partial charge on any atom is -0.486 e. The molecule has 7 nitrogen and oxygen atoms in total. The first kappa shape index (κ1) is 37.4. The van der Waals surface area contributed by atoms with Gasteiger partial charge in [-0.2, -0.15) is 4.99 Å².